The van der Waals surface area contributed by atoms with Crippen molar-refractivity contribution in [2.45, 2.75) is 4.90 Å². The highest BCUT2D eigenvalue weighted by atomic mass is 79.9. The number of halogens is 1. The van der Waals surface area contributed by atoms with Crippen LogP contribution in [0.4, 0.5) is 6.01 Å². The summed E-state index contributed by atoms with van der Waals surface area (Å²) in [6, 6.07) is 8.66. The zero-order valence-electron chi connectivity index (χ0n) is 15.6. The molecule has 0 fully saturated rings. The number of carbonyl (C=O) groups is 1. The van der Waals surface area contributed by atoms with Gasteiger partial charge < -0.3 is 8.83 Å². The third-order valence-electron chi connectivity index (χ3n) is 3.85. The number of amides is 1. The van der Waals surface area contributed by atoms with Crippen molar-refractivity contribution in [1.82, 2.24) is 14.5 Å². The van der Waals surface area contributed by atoms with E-state index in [1.54, 1.807) is 12.1 Å². The van der Waals surface area contributed by atoms with E-state index < -0.39 is 15.9 Å². The lowest BCUT2D eigenvalue weighted by Crippen LogP contribution is -2.31. The molecule has 0 aliphatic heterocycles. The summed E-state index contributed by atoms with van der Waals surface area (Å²) in [7, 11) is -3.75. The van der Waals surface area contributed by atoms with E-state index >= 15 is 0 Å². The molecule has 0 radical (unpaired) electrons. The molecule has 0 aliphatic rings. The van der Waals surface area contributed by atoms with Crippen LogP contribution in [0, 0.1) is 0 Å². The van der Waals surface area contributed by atoms with Crippen molar-refractivity contribution in [2.24, 2.45) is 0 Å². The minimum absolute atomic E-state index is 0.0474. The number of carbonyl (C=O) groups excluding carboxylic acids is 1. The first kappa shape index (κ1) is 21.7. The van der Waals surface area contributed by atoms with Gasteiger partial charge >= 0.3 is 6.01 Å². The average molecular weight is 493 g/mol. The third kappa shape index (κ3) is 4.75. The van der Waals surface area contributed by atoms with Crippen LogP contribution in [0.25, 0.3) is 11.7 Å². The molecule has 0 unspecified atom stereocenters. The van der Waals surface area contributed by atoms with Gasteiger partial charge in [0.05, 0.1) is 4.90 Å². The van der Waals surface area contributed by atoms with E-state index in [1.807, 2.05) is 0 Å². The quantitative estimate of drug-likeness (QED) is 0.452. The molecule has 9 nitrogen and oxygen atoms in total. The highest BCUT2D eigenvalue weighted by Crippen LogP contribution is 2.25. The fraction of sp³-hybridized carbons (Fsp3) is 0.105. The molecule has 2 aromatic heterocycles. The van der Waals surface area contributed by atoms with Gasteiger partial charge in [-0.05, 0) is 52.3 Å². The Morgan fingerprint density at radius 2 is 1.73 bits per heavy atom. The van der Waals surface area contributed by atoms with Crippen LogP contribution in [-0.2, 0) is 10.0 Å². The lowest BCUT2D eigenvalue weighted by molar-refractivity contribution is 0.102. The van der Waals surface area contributed by atoms with Gasteiger partial charge in [-0.3, -0.25) is 10.1 Å². The highest BCUT2D eigenvalue weighted by Gasteiger charge is 2.23. The number of nitrogens with zero attached hydrogens (tertiary/aromatic N) is 3. The Hall–Kier alpha value is -3.02. The number of sulfonamides is 1. The van der Waals surface area contributed by atoms with E-state index in [0.29, 0.717) is 10.4 Å². The molecule has 11 heteroatoms. The topological polar surface area (TPSA) is 119 Å². The predicted molar refractivity (Wildman–Crippen MR) is 113 cm³/mol. The summed E-state index contributed by atoms with van der Waals surface area (Å²) in [6.07, 6.45) is 2.98. The van der Waals surface area contributed by atoms with Crippen molar-refractivity contribution in [1.29, 1.82) is 0 Å². The molecule has 0 aliphatic carbocycles. The predicted octanol–water partition coefficient (Wildman–Crippen LogP) is 3.71. The molecule has 3 aromatic rings. The summed E-state index contributed by atoms with van der Waals surface area (Å²) in [5, 5.41) is 10.0. The largest absolute Gasteiger partial charge is 0.444 e. The first-order valence-corrected chi connectivity index (χ1v) is 10.8. The average Bonchev–Trinajstić information content (AvgIpc) is 3.36. The van der Waals surface area contributed by atoms with Gasteiger partial charge in [-0.15, -0.1) is 18.3 Å². The highest BCUT2D eigenvalue weighted by molar-refractivity contribution is 9.10. The minimum atomic E-state index is -3.75. The van der Waals surface area contributed by atoms with Crippen molar-refractivity contribution < 1.29 is 22.0 Å². The Balaban J connectivity index is 1.73. The Morgan fingerprint density at radius 1 is 1.07 bits per heavy atom. The number of aromatic nitrogens is 2. The van der Waals surface area contributed by atoms with E-state index in [2.05, 4.69) is 44.6 Å². The number of anilines is 1. The number of hydrogen-bond acceptors (Lipinski definition) is 7. The molecule has 1 N–H and O–H groups in total. The van der Waals surface area contributed by atoms with Crippen molar-refractivity contribution in [3.05, 3.63) is 71.9 Å². The number of hydrogen-bond donors (Lipinski definition) is 1. The first-order valence-electron chi connectivity index (χ1n) is 8.57. The maximum atomic E-state index is 12.7. The number of rotatable bonds is 9. The van der Waals surface area contributed by atoms with Gasteiger partial charge in [0.25, 0.3) is 11.8 Å². The first-order chi connectivity index (χ1) is 14.3. The molecule has 0 saturated heterocycles. The van der Waals surface area contributed by atoms with E-state index in [-0.39, 0.29) is 35.5 Å². The second kappa shape index (κ2) is 9.20. The van der Waals surface area contributed by atoms with Crippen molar-refractivity contribution in [3.63, 3.8) is 0 Å². The van der Waals surface area contributed by atoms with E-state index in [4.69, 9.17) is 8.83 Å². The van der Waals surface area contributed by atoms with Crippen molar-refractivity contribution >= 4 is 37.9 Å². The van der Waals surface area contributed by atoms with E-state index in [1.165, 1.54) is 40.7 Å². The smallest absolute Gasteiger partial charge is 0.322 e. The monoisotopic (exact) mass is 492 g/mol. The zero-order chi connectivity index (χ0) is 21.7. The molecule has 30 heavy (non-hydrogen) atoms. The molecule has 3 rings (SSSR count). The second-order valence-corrected chi connectivity index (χ2v) is 8.61. The fourth-order valence-corrected chi connectivity index (χ4v) is 4.15. The normalized spacial score (nSPS) is 11.4. The van der Waals surface area contributed by atoms with Crippen molar-refractivity contribution in [2.75, 3.05) is 18.4 Å². The van der Waals surface area contributed by atoms with Gasteiger partial charge in [0.1, 0.15) is 0 Å². The SMILES string of the molecule is C=CCN(CC=C)S(=O)(=O)c1ccc(C(=O)Nc2nnc(-c3ccc(Br)o3)o2)cc1. The van der Waals surface area contributed by atoms with Crippen LogP contribution >= 0.6 is 15.9 Å². The maximum absolute atomic E-state index is 12.7. The van der Waals surface area contributed by atoms with Crippen LogP contribution in [0.1, 0.15) is 10.4 Å². The molecule has 0 atom stereocenters. The summed E-state index contributed by atoms with van der Waals surface area (Å²) in [4.78, 5) is 12.5. The molecule has 0 bridgehead atoms. The van der Waals surface area contributed by atoms with Crippen LogP contribution in [0.15, 0.2) is 80.1 Å². The van der Waals surface area contributed by atoms with Gasteiger partial charge in [-0.25, -0.2) is 8.42 Å². The van der Waals surface area contributed by atoms with Gasteiger partial charge in [0.15, 0.2) is 10.4 Å². The fourth-order valence-electron chi connectivity index (χ4n) is 2.46. The Bertz CT molecular complexity index is 1160. The maximum Gasteiger partial charge on any atom is 0.322 e. The van der Waals surface area contributed by atoms with E-state index in [0.717, 1.165) is 0 Å². The molecule has 1 aromatic carbocycles. The van der Waals surface area contributed by atoms with Crippen LogP contribution in [0.5, 0.6) is 0 Å². The van der Waals surface area contributed by atoms with Gasteiger partial charge in [0, 0.05) is 18.7 Å². The van der Waals surface area contributed by atoms with Crippen molar-refractivity contribution in [3.8, 4) is 11.7 Å². The molecule has 2 heterocycles. The summed E-state index contributed by atoms with van der Waals surface area (Å²) in [5.74, 6) is -0.0983. The molecule has 0 saturated carbocycles. The van der Waals surface area contributed by atoms with Crippen LogP contribution in [0.3, 0.4) is 0 Å². The van der Waals surface area contributed by atoms with Gasteiger partial charge in [-0.1, -0.05) is 17.3 Å². The lowest BCUT2D eigenvalue weighted by Gasteiger charge is -2.19. The summed E-state index contributed by atoms with van der Waals surface area (Å²) < 4.78 is 37.8. The molecular formula is C19H17BrN4O5S. The van der Waals surface area contributed by atoms with Gasteiger partial charge in [-0.2, -0.15) is 4.31 Å². The van der Waals surface area contributed by atoms with Gasteiger partial charge in [0.2, 0.25) is 10.0 Å². The number of nitrogens with one attached hydrogen (secondary N) is 1. The van der Waals surface area contributed by atoms with Crippen LogP contribution in [0.2, 0.25) is 0 Å². The van der Waals surface area contributed by atoms with E-state index in [9.17, 15) is 13.2 Å². The standard InChI is InChI=1S/C19H17BrN4O5S/c1-3-11-24(12-4-2)30(26,27)14-7-5-13(6-8-14)17(25)21-19-23-22-18(29-19)15-9-10-16(20)28-15/h3-10H,1-2,11-12H2,(H,21,23,25). The molecular weight excluding hydrogens is 476 g/mol. The van der Waals surface area contributed by atoms with Crippen LogP contribution < -0.4 is 5.32 Å². The third-order valence-corrected chi connectivity index (χ3v) is 6.12. The zero-order valence-corrected chi connectivity index (χ0v) is 18.0. The number of furan rings is 1. The minimum Gasteiger partial charge on any atom is -0.444 e. The van der Waals surface area contributed by atoms with Crippen LogP contribution in [-0.4, -0.2) is 41.9 Å². The molecule has 156 valence electrons. The number of benzene rings is 1. The second-order valence-electron chi connectivity index (χ2n) is 5.89. The lowest BCUT2D eigenvalue weighted by atomic mass is 10.2. The molecule has 1 amide bonds. The summed E-state index contributed by atoms with van der Waals surface area (Å²) >= 11 is 3.17. The Morgan fingerprint density at radius 3 is 2.30 bits per heavy atom. The Labute approximate surface area is 181 Å². The molecule has 0 spiro atoms. The Kier molecular flexibility index (Phi) is 6.65. The summed E-state index contributed by atoms with van der Waals surface area (Å²) in [6.45, 7) is 7.42. The summed E-state index contributed by atoms with van der Waals surface area (Å²) in [5.41, 5.74) is 0.216.